The lowest BCUT2D eigenvalue weighted by Crippen LogP contribution is -2.36. The van der Waals surface area contributed by atoms with Crippen molar-refractivity contribution in [2.45, 2.75) is 66.8 Å². The van der Waals surface area contributed by atoms with Crippen LogP contribution in [0, 0.1) is 5.41 Å². The number of amidine groups is 1. The summed E-state index contributed by atoms with van der Waals surface area (Å²) in [5.74, 6) is -0.377. The molecule has 0 saturated heterocycles. The van der Waals surface area contributed by atoms with Gasteiger partial charge in [0.25, 0.3) is 0 Å². The molecule has 0 saturated carbocycles. The SMILES string of the molecule is CCP1(=O)N=C(c2c(O)c(C(C)(C)C)n(CCC(C)(C)C)c2O)Nc2ccc(N(S(C)(=O)=O)S(C)(=O)=O)cc21. The third kappa shape index (κ3) is 6.15. The van der Waals surface area contributed by atoms with Crippen molar-refractivity contribution in [3.63, 3.8) is 0 Å². The largest absolute Gasteiger partial charge is 0.505 e. The monoisotopic (exact) mass is 602 g/mol. The summed E-state index contributed by atoms with van der Waals surface area (Å²) in [6.45, 7) is 14.1. The van der Waals surface area contributed by atoms with Crippen molar-refractivity contribution in [3.05, 3.63) is 29.5 Å². The van der Waals surface area contributed by atoms with E-state index in [1.54, 1.807) is 11.5 Å². The number of aromatic nitrogens is 1. The van der Waals surface area contributed by atoms with Crippen molar-refractivity contribution in [2.75, 3.05) is 27.7 Å². The van der Waals surface area contributed by atoms with Gasteiger partial charge in [-0.15, -0.1) is 0 Å². The highest BCUT2D eigenvalue weighted by molar-refractivity contribution is 8.09. The molecule has 11 nitrogen and oxygen atoms in total. The maximum Gasteiger partial charge on any atom is 0.245 e. The number of nitrogens with one attached hydrogen (secondary N) is 1. The molecule has 1 aromatic carbocycles. The molecule has 3 rings (SSSR count). The lowest BCUT2D eigenvalue weighted by molar-refractivity contribution is 0.319. The lowest BCUT2D eigenvalue weighted by Gasteiger charge is -2.27. The van der Waals surface area contributed by atoms with E-state index < -0.39 is 32.8 Å². The quantitative estimate of drug-likeness (QED) is 0.399. The molecule has 2 heterocycles. The summed E-state index contributed by atoms with van der Waals surface area (Å²) in [5.41, 5.74) is 0.0491. The van der Waals surface area contributed by atoms with Crippen LogP contribution in [0.4, 0.5) is 11.4 Å². The zero-order valence-electron chi connectivity index (χ0n) is 23.9. The Kier molecular flexibility index (Phi) is 7.84. The van der Waals surface area contributed by atoms with Gasteiger partial charge in [-0.25, -0.2) is 21.6 Å². The van der Waals surface area contributed by atoms with Crippen molar-refractivity contribution in [3.8, 4) is 11.6 Å². The van der Waals surface area contributed by atoms with Crippen molar-refractivity contribution < 1.29 is 31.6 Å². The van der Waals surface area contributed by atoms with E-state index in [1.807, 2.05) is 20.8 Å². The van der Waals surface area contributed by atoms with Gasteiger partial charge in [-0.1, -0.05) is 48.5 Å². The fourth-order valence-corrected chi connectivity index (χ4v) is 9.48. The van der Waals surface area contributed by atoms with Gasteiger partial charge in [-0.2, -0.15) is 3.71 Å². The average Bonchev–Trinajstić information content (AvgIpc) is 2.99. The summed E-state index contributed by atoms with van der Waals surface area (Å²) in [5, 5.41) is 25.9. The Labute approximate surface area is 231 Å². The van der Waals surface area contributed by atoms with Gasteiger partial charge in [0.1, 0.15) is 11.4 Å². The van der Waals surface area contributed by atoms with Crippen molar-refractivity contribution in [2.24, 2.45) is 10.2 Å². The fourth-order valence-electron chi connectivity index (χ4n) is 4.61. The molecule has 0 radical (unpaired) electrons. The Morgan fingerprint density at radius 1 is 1.03 bits per heavy atom. The van der Waals surface area contributed by atoms with Gasteiger partial charge in [-0.3, -0.25) is 4.57 Å². The molecule has 1 aliphatic rings. The molecule has 1 atom stereocenters. The standard InChI is InChI=1S/C25H39N4O7PS2/c1-10-37(32)18-15-16(29(38(8,33)34)39(9,35)36)11-12-17(18)26-22(27-37)19-20(30)21(25(5,6)7)28(23(19)31)14-13-24(2,3)4/h11-12,15,30-31H,10,13-14H2,1-9H3,(H,26,27,32). The number of aromatic hydroxyl groups is 2. The molecule has 0 aliphatic carbocycles. The summed E-state index contributed by atoms with van der Waals surface area (Å²) < 4.78 is 69.7. The van der Waals surface area contributed by atoms with Gasteiger partial charge in [0, 0.05) is 18.1 Å². The molecular formula is C25H39N4O7PS2. The first-order valence-corrected chi connectivity index (χ1v) is 18.0. The van der Waals surface area contributed by atoms with E-state index in [0.29, 0.717) is 24.3 Å². The first-order chi connectivity index (χ1) is 17.5. The molecule has 3 N–H and O–H groups in total. The number of hydrogen-bond donors (Lipinski definition) is 3. The number of benzene rings is 1. The molecule has 1 unspecified atom stereocenters. The Morgan fingerprint density at radius 3 is 2.05 bits per heavy atom. The molecule has 0 amide bonds. The van der Waals surface area contributed by atoms with E-state index in [9.17, 15) is 31.6 Å². The van der Waals surface area contributed by atoms with Crippen LogP contribution in [-0.4, -0.2) is 56.1 Å². The van der Waals surface area contributed by atoms with E-state index in [0.717, 1.165) is 12.5 Å². The second kappa shape index (κ2) is 9.85. The summed E-state index contributed by atoms with van der Waals surface area (Å²) in [7, 11) is -12.1. The van der Waals surface area contributed by atoms with Crippen molar-refractivity contribution in [1.82, 2.24) is 4.57 Å². The first kappa shape index (κ1) is 31.0. The van der Waals surface area contributed by atoms with E-state index in [4.69, 9.17) is 0 Å². The Hall–Kier alpha value is -2.50. The average molecular weight is 603 g/mol. The van der Waals surface area contributed by atoms with Crippen molar-refractivity contribution >= 4 is 49.9 Å². The highest BCUT2D eigenvalue weighted by Crippen LogP contribution is 2.53. The highest BCUT2D eigenvalue weighted by Gasteiger charge is 2.38. The van der Waals surface area contributed by atoms with Crippen LogP contribution in [0.3, 0.4) is 0 Å². The molecule has 0 fully saturated rings. The summed E-state index contributed by atoms with van der Waals surface area (Å²) >= 11 is 0. The molecule has 39 heavy (non-hydrogen) atoms. The smallest absolute Gasteiger partial charge is 0.245 e. The maximum atomic E-state index is 14.1. The summed E-state index contributed by atoms with van der Waals surface area (Å²) in [6, 6.07) is 3.94. The predicted octanol–water partition coefficient (Wildman–Crippen LogP) is 4.15. The van der Waals surface area contributed by atoms with Crippen LogP contribution in [0.15, 0.2) is 23.0 Å². The van der Waals surface area contributed by atoms with Crippen LogP contribution < -0.4 is 14.3 Å². The van der Waals surface area contributed by atoms with Gasteiger partial charge in [-0.05, 0) is 30.0 Å². The maximum absolute atomic E-state index is 14.1. The van der Waals surface area contributed by atoms with Crippen LogP contribution in [0.5, 0.6) is 11.6 Å². The number of hydrogen-bond acceptors (Lipinski definition) is 8. The minimum atomic E-state index is -4.21. The molecule has 1 aromatic heterocycles. The summed E-state index contributed by atoms with van der Waals surface area (Å²) in [4.78, 5) is 0. The number of nitrogens with zero attached hydrogens (tertiary/aromatic N) is 3. The van der Waals surface area contributed by atoms with Gasteiger partial charge in [0.15, 0.2) is 5.75 Å². The third-order valence-corrected chi connectivity index (χ3v) is 12.1. The number of rotatable bonds is 7. The molecule has 218 valence electrons. The zero-order valence-corrected chi connectivity index (χ0v) is 26.4. The fraction of sp³-hybridized carbons (Fsp3) is 0.560. The number of sulfonamides is 2. The third-order valence-electron chi connectivity index (χ3n) is 6.36. The summed E-state index contributed by atoms with van der Waals surface area (Å²) in [6.07, 6.45) is 2.28. The van der Waals surface area contributed by atoms with Gasteiger partial charge in [0.05, 0.1) is 34.9 Å². The van der Waals surface area contributed by atoms with Crippen LogP contribution in [0.1, 0.15) is 66.1 Å². The van der Waals surface area contributed by atoms with Gasteiger partial charge in [0.2, 0.25) is 33.2 Å². The highest BCUT2D eigenvalue weighted by atomic mass is 32.3. The van der Waals surface area contributed by atoms with Crippen molar-refractivity contribution in [1.29, 1.82) is 0 Å². The molecular weight excluding hydrogens is 563 g/mol. The zero-order chi connectivity index (χ0) is 29.9. The predicted molar refractivity (Wildman–Crippen MR) is 157 cm³/mol. The van der Waals surface area contributed by atoms with E-state index in [2.05, 4.69) is 30.9 Å². The second-order valence-corrected chi connectivity index (χ2v) is 18.7. The van der Waals surface area contributed by atoms with Gasteiger partial charge >= 0.3 is 0 Å². The van der Waals surface area contributed by atoms with Gasteiger partial charge < -0.3 is 20.1 Å². The molecule has 0 bridgehead atoms. The molecule has 14 heteroatoms. The van der Waals surface area contributed by atoms with E-state index in [-0.39, 0.29) is 49.3 Å². The number of anilines is 2. The molecule has 2 aromatic rings. The van der Waals surface area contributed by atoms with E-state index >= 15 is 0 Å². The van der Waals surface area contributed by atoms with Crippen LogP contribution in [0.2, 0.25) is 0 Å². The van der Waals surface area contributed by atoms with Crippen LogP contribution in [0.25, 0.3) is 0 Å². The normalized spacial score (nSPS) is 18.3. The number of fused-ring (bicyclic) bond motifs is 1. The topological polar surface area (TPSA) is 158 Å². The van der Waals surface area contributed by atoms with Crippen LogP contribution >= 0.6 is 7.29 Å². The molecule has 0 spiro atoms. The first-order valence-electron chi connectivity index (χ1n) is 12.5. The van der Waals surface area contributed by atoms with Crippen LogP contribution in [-0.2, 0) is 36.6 Å². The van der Waals surface area contributed by atoms with E-state index in [1.165, 1.54) is 18.2 Å². The Balaban J connectivity index is 2.23. The second-order valence-electron chi connectivity index (χ2n) is 12.1. The molecule has 1 aliphatic heterocycles. The minimum absolute atomic E-state index is 0.0125. The Bertz CT molecular complexity index is 1560. The Morgan fingerprint density at radius 2 is 1.59 bits per heavy atom. The minimum Gasteiger partial charge on any atom is -0.505 e. The lowest BCUT2D eigenvalue weighted by atomic mass is 9.89.